The maximum absolute atomic E-state index is 12.3. The summed E-state index contributed by atoms with van der Waals surface area (Å²) in [5.41, 5.74) is 6.39. The summed E-state index contributed by atoms with van der Waals surface area (Å²) in [6, 6.07) is 9.53. The Balaban J connectivity index is 2.03. The molecule has 0 aliphatic heterocycles. The first-order valence-electron chi connectivity index (χ1n) is 5.66. The highest BCUT2D eigenvalue weighted by Crippen LogP contribution is 2.29. The minimum atomic E-state index is -0.238. The van der Waals surface area contributed by atoms with Gasteiger partial charge in [0.2, 0.25) is 11.0 Å². The third kappa shape index (κ3) is 3.45. The van der Waals surface area contributed by atoms with E-state index in [4.69, 9.17) is 5.73 Å². The van der Waals surface area contributed by atoms with E-state index in [2.05, 4.69) is 10.2 Å². The Labute approximate surface area is 119 Å². The molecule has 0 spiro atoms. The molecule has 1 heterocycles. The first-order chi connectivity index (χ1) is 9.08. The van der Waals surface area contributed by atoms with E-state index in [0.717, 1.165) is 5.69 Å². The van der Waals surface area contributed by atoms with E-state index in [-0.39, 0.29) is 11.2 Å². The van der Waals surface area contributed by atoms with Crippen molar-refractivity contribution in [3.05, 3.63) is 30.3 Å². The van der Waals surface area contributed by atoms with Gasteiger partial charge in [0.05, 0.1) is 5.25 Å². The van der Waals surface area contributed by atoms with Gasteiger partial charge in [-0.05, 0) is 19.1 Å². The summed E-state index contributed by atoms with van der Waals surface area (Å²) >= 11 is 2.66. The lowest BCUT2D eigenvalue weighted by Gasteiger charge is -2.20. The van der Waals surface area contributed by atoms with Crippen LogP contribution in [0.5, 0.6) is 0 Å². The van der Waals surface area contributed by atoms with Gasteiger partial charge in [-0.1, -0.05) is 41.3 Å². The van der Waals surface area contributed by atoms with Crippen molar-refractivity contribution in [2.45, 2.75) is 16.5 Å². The van der Waals surface area contributed by atoms with Gasteiger partial charge in [0.25, 0.3) is 0 Å². The van der Waals surface area contributed by atoms with Gasteiger partial charge >= 0.3 is 0 Å². The maximum atomic E-state index is 12.3. The van der Waals surface area contributed by atoms with Crippen LogP contribution in [0, 0.1) is 0 Å². The summed E-state index contributed by atoms with van der Waals surface area (Å²) in [7, 11) is 1.77. The van der Waals surface area contributed by atoms with E-state index >= 15 is 0 Å². The smallest absolute Gasteiger partial charge is 0.240 e. The van der Waals surface area contributed by atoms with Crippen molar-refractivity contribution in [1.82, 2.24) is 10.2 Å². The van der Waals surface area contributed by atoms with Crippen LogP contribution < -0.4 is 10.6 Å². The molecule has 5 nitrogen and oxygen atoms in total. The second-order valence-corrected chi connectivity index (χ2v) is 6.50. The number of amides is 1. The number of hydrogen-bond acceptors (Lipinski definition) is 6. The molecular weight excluding hydrogens is 280 g/mol. The van der Waals surface area contributed by atoms with Crippen molar-refractivity contribution >= 4 is 39.8 Å². The SMILES string of the molecule is C[C@@H](Sc1nnc(N)s1)C(=O)N(C)c1ccccc1. The molecule has 2 aromatic rings. The van der Waals surface area contributed by atoms with Crippen molar-refractivity contribution in [3.63, 3.8) is 0 Å². The Kier molecular flexibility index (Phi) is 4.39. The molecule has 0 fully saturated rings. The molecule has 0 unspecified atom stereocenters. The van der Waals surface area contributed by atoms with Gasteiger partial charge in [-0.3, -0.25) is 4.79 Å². The molecule has 0 aliphatic carbocycles. The molecule has 0 bridgehead atoms. The summed E-state index contributed by atoms with van der Waals surface area (Å²) < 4.78 is 0.708. The van der Waals surface area contributed by atoms with Gasteiger partial charge in [-0.15, -0.1) is 10.2 Å². The van der Waals surface area contributed by atoms with Crippen molar-refractivity contribution in [2.75, 3.05) is 17.7 Å². The topological polar surface area (TPSA) is 72.1 Å². The van der Waals surface area contributed by atoms with Crippen LogP contribution in [0.3, 0.4) is 0 Å². The van der Waals surface area contributed by atoms with Gasteiger partial charge in [0.15, 0.2) is 4.34 Å². The zero-order valence-electron chi connectivity index (χ0n) is 10.6. The predicted molar refractivity (Wildman–Crippen MR) is 79.5 cm³/mol. The minimum Gasteiger partial charge on any atom is -0.374 e. The molecule has 7 heteroatoms. The number of hydrogen-bond donors (Lipinski definition) is 1. The van der Waals surface area contributed by atoms with Crippen LogP contribution in [0.4, 0.5) is 10.8 Å². The molecule has 1 amide bonds. The second kappa shape index (κ2) is 6.03. The number of nitrogens with zero attached hydrogens (tertiary/aromatic N) is 3. The Hall–Kier alpha value is -1.60. The van der Waals surface area contributed by atoms with E-state index in [1.54, 1.807) is 11.9 Å². The molecule has 0 saturated heterocycles. The number of carbonyl (C=O) groups is 1. The van der Waals surface area contributed by atoms with Gasteiger partial charge in [0.1, 0.15) is 0 Å². The average molecular weight is 294 g/mol. The zero-order valence-corrected chi connectivity index (χ0v) is 12.2. The third-order valence-corrected chi connectivity index (χ3v) is 4.45. The summed E-state index contributed by atoms with van der Waals surface area (Å²) in [6.07, 6.45) is 0. The number of nitrogen functional groups attached to an aromatic ring is 1. The Morgan fingerprint density at radius 2 is 2.05 bits per heavy atom. The van der Waals surface area contributed by atoms with Crippen LogP contribution in [0.1, 0.15) is 6.92 Å². The number of rotatable bonds is 4. The quantitative estimate of drug-likeness (QED) is 0.876. The van der Waals surface area contributed by atoms with Gasteiger partial charge in [-0.25, -0.2) is 0 Å². The van der Waals surface area contributed by atoms with E-state index in [0.29, 0.717) is 9.47 Å². The molecule has 1 atom stereocenters. The number of anilines is 2. The summed E-state index contributed by atoms with van der Waals surface area (Å²) in [4.78, 5) is 13.9. The Morgan fingerprint density at radius 3 is 2.63 bits per heavy atom. The lowest BCUT2D eigenvalue weighted by atomic mass is 10.3. The highest BCUT2D eigenvalue weighted by molar-refractivity contribution is 8.02. The zero-order chi connectivity index (χ0) is 13.8. The van der Waals surface area contributed by atoms with Crippen LogP contribution in [0.15, 0.2) is 34.7 Å². The number of aromatic nitrogens is 2. The second-order valence-electron chi connectivity index (χ2n) is 3.90. The fourth-order valence-electron chi connectivity index (χ4n) is 1.52. The van der Waals surface area contributed by atoms with Gasteiger partial charge in [-0.2, -0.15) is 0 Å². The van der Waals surface area contributed by atoms with Gasteiger partial charge < -0.3 is 10.6 Å². The van der Waals surface area contributed by atoms with E-state index in [9.17, 15) is 4.79 Å². The molecule has 100 valence electrons. The summed E-state index contributed by atoms with van der Waals surface area (Å²) in [5.74, 6) is 0.0185. The predicted octanol–water partition coefficient (Wildman–Crippen LogP) is 2.26. The molecule has 0 radical (unpaired) electrons. The maximum Gasteiger partial charge on any atom is 0.240 e. The van der Waals surface area contributed by atoms with Crippen LogP contribution in [-0.2, 0) is 4.79 Å². The van der Waals surface area contributed by atoms with E-state index in [1.807, 2.05) is 37.3 Å². The van der Waals surface area contributed by atoms with Gasteiger partial charge in [0, 0.05) is 12.7 Å². The summed E-state index contributed by atoms with van der Waals surface area (Å²) in [5, 5.41) is 7.82. The van der Waals surface area contributed by atoms with E-state index in [1.165, 1.54) is 23.1 Å². The largest absolute Gasteiger partial charge is 0.374 e. The monoisotopic (exact) mass is 294 g/mol. The summed E-state index contributed by atoms with van der Waals surface area (Å²) in [6.45, 7) is 1.85. The van der Waals surface area contributed by atoms with Crippen LogP contribution >= 0.6 is 23.1 Å². The number of nitrogens with two attached hydrogens (primary N) is 1. The van der Waals surface area contributed by atoms with Crippen molar-refractivity contribution in [1.29, 1.82) is 0 Å². The fourth-order valence-corrected chi connectivity index (χ4v) is 3.39. The molecule has 1 aromatic heterocycles. The number of carbonyl (C=O) groups excluding carboxylic acids is 1. The highest BCUT2D eigenvalue weighted by Gasteiger charge is 2.21. The third-order valence-electron chi connectivity index (χ3n) is 2.52. The van der Waals surface area contributed by atoms with Crippen LogP contribution in [0.2, 0.25) is 0 Å². The van der Waals surface area contributed by atoms with Crippen LogP contribution in [0.25, 0.3) is 0 Å². The molecular formula is C12H14N4OS2. The van der Waals surface area contributed by atoms with Crippen molar-refractivity contribution < 1.29 is 4.79 Å². The molecule has 1 aromatic carbocycles. The Bertz CT molecular complexity index is 558. The van der Waals surface area contributed by atoms with Crippen LogP contribution in [-0.4, -0.2) is 28.4 Å². The average Bonchev–Trinajstić information content (AvgIpc) is 2.83. The lowest BCUT2D eigenvalue weighted by molar-refractivity contribution is -0.117. The molecule has 2 rings (SSSR count). The van der Waals surface area contributed by atoms with E-state index < -0.39 is 0 Å². The first-order valence-corrected chi connectivity index (χ1v) is 7.36. The number of para-hydroxylation sites is 1. The lowest BCUT2D eigenvalue weighted by Crippen LogP contribution is -2.33. The van der Waals surface area contributed by atoms with Crippen molar-refractivity contribution in [3.8, 4) is 0 Å². The number of thioether (sulfide) groups is 1. The molecule has 2 N–H and O–H groups in total. The minimum absolute atomic E-state index is 0.0185. The fraction of sp³-hybridized carbons (Fsp3) is 0.250. The highest BCUT2D eigenvalue weighted by atomic mass is 32.2. The molecule has 19 heavy (non-hydrogen) atoms. The molecule has 0 saturated carbocycles. The normalized spacial score (nSPS) is 12.1. The number of benzene rings is 1. The van der Waals surface area contributed by atoms with Crippen molar-refractivity contribution in [2.24, 2.45) is 0 Å². The molecule has 0 aliphatic rings. The standard InChI is InChI=1S/C12H14N4OS2/c1-8(18-12-15-14-11(13)19-12)10(17)16(2)9-6-4-3-5-7-9/h3-8H,1-2H3,(H2,13,14)/t8-/m1/s1. The first kappa shape index (κ1) is 13.8. The Morgan fingerprint density at radius 1 is 1.37 bits per heavy atom.